The summed E-state index contributed by atoms with van der Waals surface area (Å²) in [4.78, 5) is 11.1. The minimum atomic E-state index is -4.73. The summed E-state index contributed by atoms with van der Waals surface area (Å²) in [7, 11) is 0. The van der Waals surface area contributed by atoms with E-state index in [0.29, 0.717) is 12.8 Å². The van der Waals surface area contributed by atoms with Crippen molar-refractivity contribution in [3.05, 3.63) is 11.6 Å². The monoisotopic (exact) mass is 340 g/mol. The van der Waals surface area contributed by atoms with Crippen molar-refractivity contribution in [1.29, 1.82) is 0 Å². The van der Waals surface area contributed by atoms with Crippen molar-refractivity contribution in [3.8, 4) is 0 Å². The summed E-state index contributed by atoms with van der Waals surface area (Å²) in [5.74, 6) is -1.96. The number of hydrogen-bond donors (Lipinski definition) is 1. The van der Waals surface area contributed by atoms with Crippen LogP contribution in [0.15, 0.2) is 11.6 Å². The lowest BCUT2D eigenvalue weighted by Crippen LogP contribution is -2.50. The summed E-state index contributed by atoms with van der Waals surface area (Å²) >= 11 is 6.39. The second-order valence-electron chi connectivity index (χ2n) is 7.15. The molecule has 22 heavy (non-hydrogen) atoms. The molecule has 0 aromatic heterocycles. The van der Waals surface area contributed by atoms with Crippen LogP contribution >= 0.6 is 11.6 Å². The predicted octanol–water partition coefficient (Wildman–Crippen LogP) is 4.01. The molecule has 0 spiro atoms. The highest BCUT2D eigenvalue weighted by molar-refractivity contribution is 6.20. The molecule has 7 heteroatoms. The molecular weight excluding hydrogens is 321 g/mol. The molecule has 1 aliphatic heterocycles. The van der Waals surface area contributed by atoms with E-state index in [9.17, 15) is 18.0 Å². The Bertz CT molecular complexity index is 481. The zero-order valence-corrected chi connectivity index (χ0v) is 13.4. The average Bonchev–Trinajstić information content (AvgIpc) is 2.33. The van der Waals surface area contributed by atoms with Gasteiger partial charge < -0.3 is 9.84 Å². The number of fused-ring (bicyclic) bond motifs is 1. The molecule has 1 saturated carbocycles. The molecule has 0 aromatic rings. The van der Waals surface area contributed by atoms with Crippen molar-refractivity contribution >= 4 is 17.6 Å². The number of aliphatic carboxylic acids is 1. The Labute approximate surface area is 132 Å². The molecule has 1 heterocycles. The molecule has 0 aromatic carbocycles. The van der Waals surface area contributed by atoms with Gasteiger partial charge in [-0.1, -0.05) is 26.8 Å². The van der Waals surface area contributed by atoms with Crippen molar-refractivity contribution in [3.63, 3.8) is 0 Å². The molecule has 2 aliphatic rings. The number of ether oxygens (including phenoxy) is 1. The van der Waals surface area contributed by atoms with Crippen molar-refractivity contribution in [1.82, 2.24) is 0 Å². The minimum absolute atomic E-state index is 0.0177. The van der Waals surface area contributed by atoms with Gasteiger partial charge in [-0.2, -0.15) is 13.2 Å². The van der Waals surface area contributed by atoms with Crippen LogP contribution in [0.3, 0.4) is 0 Å². The van der Waals surface area contributed by atoms with Crippen LogP contribution in [0.25, 0.3) is 0 Å². The first-order valence-electron chi connectivity index (χ1n) is 7.22. The maximum absolute atomic E-state index is 13.1. The van der Waals surface area contributed by atoms with Crippen LogP contribution in [-0.4, -0.2) is 34.8 Å². The van der Waals surface area contributed by atoms with Crippen LogP contribution in [0, 0.1) is 17.3 Å². The topological polar surface area (TPSA) is 46.5 Å². The molecule has 5 unspecified atom stereocenters. The SMILES string of the molecule is CC(C)(C)C1CC2OC(C(F)(F)F)C(C(=O)O)=CC2CC1Cl. The third-order valence-electron chi connectivity index (χ3n) is 4.54. The standard InChI is InChI=1S/C15H20ClF3O3/c1-14(2,3)9-6-11-7(5-10(9)16)4-8(13(20)21)12(22-11)15(17,18)19/h4,7,9-12H,5-6H2,1-3H3,(H,20,21). The number of rotatable bonds is 1. The Balaban J connectivity index is 2.31. The van der Waals surface area contributed by atoms with E-state index in [1.807, 2.05) is 20.8 Å². The quantitative estimate of drug-likeness (QED) is 0.734. The van der Waals surface area contributed by atoms with Gasteiger partial charge in [-0.3, -0.25) is 0 Å². The first kappa shape index (κ1) is 17.6. The van der Waals surface area contributed by atoms with E-state index in [1.54, 1.807) is 0 Å². The third kappa shape index (κ3) is 3.43. The van der Waals surface area contributed by atoms with Crippen LogP contribution in [0.5, 0.6) is 0 Å². The molecular formula is C15H20ClF3O3. The van der Waals surface area contributed by atoms with Gasteiger partial charge in [-0.25, -0.2) is 4.79 Å². The molecule has 126 valence electrons. The first-order chi connectivity index (χ1) is 9.91. The minimum Gasteiger partial charge on any atom is -0.478 e. The largest absolute Gasteiger partial charge is 0.478 e. The van der Waals surface area contributed by atoms with Gasteiger partial charge in [0.2, 0.25) is 0 Å². The van der Waals surface area contributed by atoms with Crippen LogP contribution in [0.1, 0.15) is 33.6 Å². The van der Waals surface area contributed by atoms with Crippen LogP contribution in [0.4, 0.5) is 13.2 Å². The van der Waals surface area contributed by atoms with Crippen LogP contribution in [-0.2, 0) is 9.53 Å². The van der Waals surface area contributed by atoms with Gasteiger partial charge in [-0.15, -0.1) is 11.6 Å². The highest BCUT2D eigenvalue weighted by Crippen LogP contribution is 2.47. The number of hydrogen-bond acceptors (Lipinski definition) is 2. The third-order valence-corrected chi connectivity index (χ3v) is 5.02. The Hall–Kier alpha value is -0.750. The lowest BCUT2D eigenvalue weighted by atomic mass is 9.67. The van der Waals surface area contributed by atoms with Crippen molar-refractivity contribution < 1.29 is 27.8 Å². The summed E-state index contributed by atoms with van der Waals surface area (Å²) in [5.41, 5.74) is -0.877. The number of halogens is 4. The van der Waals surface area contributed by atoms with Crippen molar-refractivity contribution in [2.45, 2.75) is 57.4 Å². The summed E-state index contributed by atoms with van der Waals surface area (Å²) in [5, 5.41) is 8.82. The highest BCUT2D eigenvalue weighted by Gasteiger charge is 2.52. The molecule has 0 radical (unpaired) electrons. The van der Waals surface area contributed by atoms with Gasteiger partial charge in [-0.05, 0) is 24.2 Å². The van der Waals surface area contributed by atoms with E-state index in [0.717, 1.165) is 0 Å². The molecule has 0 amide bonds. The zero-order valence-electron chi connectivity index (χ0n) is 12.7. The van der Waals surface area contributed by atoms with Crippen molar-refractivity contribution in [2.75, 3.05) is 0 Å². The number of carboxylic acids is 1. The Kier molecular flexibility index (Phi) is 4.57. The van der Waals surface area contributed by atoms with Crippen LogP contribution < -0.4 is 0 Å². The molecule has 5 atom stereocenters. The zero-order chi connectivity index (χ0) is 16.9. The van der Waals surface area contributed by atoms with Gasteiger partial charge in [0.15, 0.2) is 6.10 Å². The van der Waals surface area contributed by atoms with E-state index in [1.165, 1.54) is 6.08 Å². The lowest BCUT2D eigenvalue weighted by Gasteiger charge is -2.46. The lowest BCUT2D eigenvalue weighted by molar-refractivity contribution is -0.234. The van der Waals surface area contributed by atoms with Gasteiger partial charge in [0, 0.05) is 11.3 Å². The fraction of sp³-hybridized carbons (Fsp3) is 0.800. The molecule has 1 fully saturated rings. The molecule has 3 nitrogen and oxygen atoms in total. The molecule has 0 bridgehead atoms. The molecule has 0 saturated heterocycles. The Morgan fingerprint density at radius 1 is 1.32 bits per heavy atom. The molecule has 1 aliphatic carbocycles. The molecule has 2 rings (SSSR count). The van der Waals surface area contributed by atoms with E-state index in [4.69, 9.17) is 21.4 Å². The van der Waals surface area contributed by atoms with E-state index < -0.39 is 29.9 Å². The maximum atomic E-state index is 13.1. The number of carboxylic acid groups (broad SMARTS) is 1. The van der Waals surface area contributed by atoms with E-state index in [2.05, 4.69) is 0 Å². The fourth-order valence-electron chi connectivity index (χ4n) is 3.38. The van der Waals surface area contributed by atoms with Gasteiger partial charge in [0.1, 0.15) is 0 Å². The summed E-state index contributed by atoms with van der Waals surface area (Å²) < 4.78 is 44.4. The van der Waals surface area contributed by atoms with Gasteiger partial charge in [0.25, 0.3) is 0 Å². The van der Waals surface area contributed by atoms with Gasteiger partial charge in [0.05, 0.1) is 11.7 Å². The van der Waals surface area contributed by atoms with Crippen molar-refractivity contribution in [2.24, 2.45) is 17.3 Å². The summed E-state index contributed by atoms with van der Waals surface area (Å²) in [6.07, 6.45) is -5.71. The second kappa shape index (κ2) is 5.71. The second-order valence-corrected chi connectivity index (χ2v) is 7.71. The van der Waals surface area contributed by atoms with Crippen LogP contribution in [0.2, 0.25) is 0 Å². The smallest absolute Gasteiger partial charge is 0.419 e. The van der Waals surface area contributed by atoms with E-state index >= 15 is 0 Å². The summed E-state index contributed by atoms with van der Waals surface area (Å²) in [6.45, 7) is 5.99. The fourth-order valence-corrected chi connectivity index (χ4v) is 4.07. The Morgan fingerprint density at radius 3 is 2.36 bits per heavy atom. The number of carbonyl (C=O) groups is 1. The predicted molar refractivity (Wildman–Crippen MR) is 75.7 cm³/mol. The Morgan fingerprint density at radius 2 is 1.91 bits per heavy atom. The van der Waals surface area contributed by atoms with Gasteiger partial charge >= 0.3 is 12.1 Å². The normalized spacial score (nSPS) is 36.5. The average molecular weight is 341 g/mol. The maximum Gasteiger partial charge on any atom is 0.419 e. The number of alkyl halides is 4. The molecule has 1 N–H and O–H groups in total. The first-order valence-corrected chi connectivity index (χ1v) is 7.66. The highest BCUT2D eigenvalue weighted by atomic mass is 35.5. The van der Waals surface area contributed by atoms with E-state index in [-0.39, 0.29) is 22.6 Å². The summed E-state index contributed by atoms with van der Waals surface area (Å²) in [6, 6.07) is 0.